The van der Waals surface area contributed by atoms with Crippen LogP contribution < -0.4 is 0 Å². The molecule has 128 valence electrons. The van der Waals surface area contributed by atoms with Crippen molar-refractivity contribution in [3.8, 4) is 0 Å². The first kappa shape index (κ1) is 16.5. The highest BCUT2D eigenvalue weighted by molar-refractivity contribution is 5.79. The van der Waals surface area contributed by atoms with E-state index in [4.69, 9.17) is 0 Å². The van der Waals surface area contributed by atoms with Crippen molar-refractivity contribution in [2.75, 3.05) is 26.2 Å². The standard InChI is InChI=1S/C17H28N4O2/c1-12-14(13(2)19(3)18-12)11-17(23)21-9-7-20(8-10-21)15-5-4-6-16(15)22/h15-16,22H,4-11H2,1-3H3/t15-,16+/m1/s1. The summed E-state index contributed by atoms with van der Waals surface area (Å²) in [6.45, 7) is 7.26. The maximum absolute atomic E-state index is 12.6. The average Bonchev–Trinajstić information content (AvgIpc) is 3.06. The van der Waals surface area contributed by atoms with Crippen molar-refractivity contribution in [1.29, 1.82) is 0 Å². The van der Waals surface area contributed by atoms with Crippen molar-refractivity contribution in [2.24, 2.45) is 7.05 Å². The SMILES string of the molecule is Cc1nn(C)c(C)c1CC(=O)N1CCN([C@@H]2CCC[C@@H]2O)CC1. The molecule has 1 aliphatic heterocycles. The molecule has 1 saturated heterocycles. The van der Waals surface area contributed by atoms with Crippen molar-refractivity contribution < 1.29 is 9.90 Å². The van der Waals surface area contributed by atoms with Crippen LogP contribution in [0.15, 0.2) is 0 Å². The van der Waals surface area contributed by atoms with Crippen LogP contribution in [-0.4, -0.2) is 68.9 Å². The monoisotopic (exact) mass is 320 g/mol. The minimum atomic E-state index is -0.182. The average molecular weight is 320 g/mol. The lowest BCUT2D eigenvalue weighted by atomic mass is 10.1. The Kier molecular flexibility index (Phi) is 4.73. The number of aromatic nitrogens is 2. The van der Waals surface area contributed by atoms with Crippen LogP contribution in [0.5, 0.6) is 0 Å². The van der Waals surface area contributed by atoms with Crippen molar-refractivity contribution in [2.45, 2.75) is 51.7 Å². The molecule has 1 N–H and O–H groups in total. The lowest BCUT2D eigenvalue weighted by molar-refractivity contribution is -0.132. The molecule has 2 fully saturated rings. The van der Waals surface area contributed by atoms with Gasteiger partial charge in [-0.05, 0) is 33.1 Å². The molecule has 1 aliphatic carbocycles. The Bertz CT molecular complexity index is 575. The van der Waals surface area contributed by atoms with E-state index in [1.807, 2.05) is 30.5 Å². The zero-order valence-corrected chi connectivity index (χ0v) is 14.5. The van der Waals surface area contributed by atoms with E-state index in [-0.39, 0.29) is 12.0 Å². The smallest absolute Gasteiger partial charge is 0.227 e. The zero-order valence-electron chi connectivity index (χ0n) is 14.5. The van der Waals surface area contributed by atoms with Crippen molar-refractivity contribution in [1.82, 2.24) is 19.6 Å². The first-order valence-electron chi connectivity index (χ1n) is 8.66. The molecule has 23 heavy (non-hydrogen) atoms. The number of carbonyl (C=O) groups excluding carboxylic acids is 1. The van der Waals surface area contributed by atoms with Gasteiger partial charge < -0.3 is 10.0 Å². The van der Waals surface area contributed by atoms with Gasteiger partial charge >= 0.3 is 0 Å². The Morgan fingerprint density at radius 2 is 1.91 bits per heavy atom. The number of aliphatic hydroxyl groups excluding tert-OH is 1. The lowest BCUT2D eigenvalue weighted by Crippen LogP contribution is -2.53. The van der Waals surface area contributed by atoms with E-state index < -0.39 is 0 Å². The zero-order chi connectivity index (χ0) is 16.6. The minimum absolute atomic E-state index is 0.182. The third-order valence-corrected chi connectivity index (χ3v) is 5.57. The number of aliphatic hydroxyl groups is 1. The second-order valence-corrected chi connectivity index (χ2v) is 6.93. The van der Waals surface area contributed by atoms with Gasteiger partial charge in [0.05, 0.1) is 18.2 Å². The number of hydrogen-bond donors (Lipinski definition) is 1. The third kappa shape index (κ3) is 3.28. The van der Waals surface area contributed by atoms with Gasteiger partial charge in [-0.1, -0.05) is 0 Å². The van der Waals surface area contributed by atoms with Crippen LogP contribution in [0, 0.1) is 13.8 Å². The highest BCUT2D eigenvalue weighted by Crippen LogP contribution is 2.25. The largest absolute Gasteiger partial charge is 0.391 e. The highest BCUT2D eigenvalue weighted by atomic mass is 16.3. The highest BCUT2D eigenvalue weighted by Gasteiger charge is 2.33. The number of piperazine rings is 1. The van der Waals surface area contributed by atoms with Crippen LogP contribution in [0.1, 0.15) is 36.2 Å². The molecule has 2 aliphatic rings. The van der Waals surface area contributed by atoms with E-state index in [1.165, 1.54) is 0 Å². The molecule has 0 unspecified atom stereocenters. The molecule has 3 rings (SSSR count). The number of aryl methyl sites for hydroxylation is 2. The molecule has 0 bridgehead atoms. The van der Waals surface area contributed by atoms with Crippen LogP contribution in [-0.2, 0) is 18.3 Å². The summed E-state index contributed by atoms with van der Waals surface area (Å²) in [7, 11) is 1.92. The molecule has 0 radical (unpaired) electrons. The second kappa shape index (κ2) is 6.61. The second-order valence-electron chi connectivity index (χ2n) is 6.93. The van der Waals surface area contributed by atoms with E-state index >= 15 is 0 Å². The van der Waals surface area contributed by atoms with Gasteiger partial charge in [-0.25, -0.2) is 0 Å². The number of hydrogen-bond acceptors (Lipinski definition) is 4. The Labute approximate surface area is 138 Å². The minimum Gasteiger partial charge on any atom is -0.391 e. The predicted octanol–water partition coefficient (Wildman–Crippen LogP) is 0.637. The third-order valence-electron chi connectivity index (χ3n) is 5.57. The van der Waals surface area contributed by atoms with Gasteiger partial charge in [0.25, 0.3) is 0 Å². The Balaban J connectivity index is 1.56. The van der Waals surface area contributed by atoms with E-state index in [2.05, 4.69) is 10.00 Å². The predicted molar refractivity (Wildman–Crippen MR) is 88.2 cm³/mol. The van der Waals surface area contributed by atoms with Crippen LogP contribution in [0.3, 0.4) is 0 Å². The number of rotatable bonds is 3. The summed E-state index contributed by atoms with van der Waals surface area (Å²) in [4.78, 5) is 16.9. The summed E-state index contributed by atoms with van der Waals surface area (Å²) in [5.41, 5.74) is 3.08. The Hall–Kier alpha value is -1.40. The lowest BCUT2D eigenvalue weighted by Gasteiger charge is -2.39. The summed E-state index contributed by atoms with van der Waals surface area (Å²) < 4.78 is 1.84. The summed E-state index contributed by atoms with van der Waals surface area (Å²) in [6, 6.07) is 0.301. The molecule has 2 heterocycles. The summed E-state index contributed by atoms with van der Waals surface area (Å²) >= 11 is 0. The van der Waals surface area contributed by atoms with Gasteiger partial charge in [0.1, 0.15) is 0 Å². The quantitative estimate of drug-likeness (QED) is 0.888. The van der Waals surface area contributed by atoms with Crippen molar-refractivity contribution >= 4 is 5.91 Å². The number of amides is 1. The molecular weight excluding hydrogens is 292 g/mol. The van der Waals surface area contributed by atoms with E-state index in [0.29, 0.717) is 12.5 Å². The van der Waals surface area contributed by atoms with E-state index in [1.54, 1.807) is 0 Å². The van der Waals surface area contributed by atoms with Crippen molar-refractivity contribution in [3.05, 3.63) is 17.0 Å². The topological polar surface area (TPSA) is 61.6 Å². The fourth-order valence-electron chi connectivity index (χ4n) is 3.99. The fraction of sp³-hybridized carbons (Fsp3) is 0.765. The molecule has 1 saturated carbocycles. The molecule has 6 nitrogen and oxygen atoms in total. The van der Waals surface area contributed by atoms with Gasteiger partial charge in [-0.2, -0.15) is 5.10 Å². The van der Waals surface area contributed by atoms with Crippen LogP contribution in [0.4, 0.5) is 0 Å². The van der Waals surface area contributed by atoms with Gasteiger partial charge in [0.15, 0.2) is 0 Å². The van der Waals surface area contributed by atoms with Gasteiger partial charge in [-0.3, -0.25) is 14.4 Å². The van der Waals surface area contributed by atoms with Crippen molar-refractivity contribution in [3.63, 3.8) is 0 Å². The molecular formula is C17H28N4O2. The fourth-order valence-corrected chi connectivity index (χ4v) is 3.99. The summed E-state index contributed by atoms with van der Waals surface area (Å²) in [5, 5.41) is 14.4. The maximum Gasteiger partial charge on any atom is 0.227 e. The van der Waals surface area contributed by atoms with Crippen LogP contribution in [0.25, 0.3) is 0 Å². The first-order chi connectivity index (χ1) is 11.0. The van der Waals surface area contributed by atoms with E-state index in [9.17, 15) is 9.90 Å². The molecule has 2 atom stereocenters. The summed E-state index contributed by atoms with van der Waals surface area (Å²) in [6.07, 6.45) is 3.38. The molecule has 6 heteroatoms. The molecule has 0 aromatic carbocycles. The molecule has 1 aromatic heterocycles. The molecule has 0 spiro atoms. The van der Waals surface area contributed by atoms with E-state index in [0.717, 1.165) is 62.4 Å². The summed E-state index contributed by atoms with van der Waals surface area (Å²) in [5.74, 6) is 0.191. The van der Waals surface area contributed by atoms with Crippen LogP contribution in [0.2, 0.25) is 0 Å². The molecule has 1 amide bonds. The number of nitrogens with zero attached hydrogens (tertiary/aromatic N) is 4. The number of carbonyl (C=O) groups is 1. The molecule has 1 aromatic rings. The van der Waals surface area contributed by atoms with Crippen LogP contribution >= 0.6 is 0 Å². The normalized spacial score (nSPS) is 26.0. The maximum atomic E-state index is 12.6. The van der Waals surface area contributed by atoms with Gasteiger partial charge in [0.2, 0.25) is 5.91 Å². The Morgan fingerprint density at radius 3 is 2.43 bits per heavy atom. The van der Waals surface area contributed by atoms with Gasteiger partial charge in [0, 0.05) is 50.5 Å². The Morgan fingerprint density at radius 1 is 1.22 bits per heavy atom. The van der Waals surface area contributed by atoms with Gasteiger partial charge in [-0.15, -0.1) is 0 Å². The first-order valence-corrected chi connectivity index (χ1v) is 8.66.